The monoisotopic (exact) mass is 290 g/mol. The number of hydrogen-bond donors (Lipinski definition) is 3. The topological polar surface area (TPSA) is 106 Å². The first-order valence-electron chi connectivity index (χ1n) is 6.73. The number of aliphatic carboxylic acids is 1. The molecule has 1 aromatic heterocycles. The highest BCUT2D eigenvalue weighted by molar-refractivity contribution is 5.82. The van der Waals surface area contributed by atoms with Crippen molar-refractivity contribution in [2.75, 3.05) is 12.3 Å². The van der Waals surface area contributed by atoms with Gasteiger partial charge in [0.25, 0.3) is 0 Å². The molecule has 2 aromatic rings. The molecule has 3 rings (SSSR count). The Morgan fingerprint density at radius 3 is 2.76 bits per heavy atom. The zero-order valence-corrected chi connectivity index (χ0v) is 11.8. The predicted octanol–water partition coefficient (Wildman–Crippen LogP) is 1.51. The summed E-state index contributed by atoms with van der Waals surface area (Å²) in [5.41, 5.74) is 7.28. The maximum Gasteiger partial charge on any atom is 0.336 e. The molecule has 0 amide bonds. The van der Waals surface area contributed by atoms with Crippen LogP contribution in [0.15, 0.2) is 33.5 Å². The van der Waals surface area contributed by atoms with E-state index >= 15 is 0 Å². The molecule has 4 N–H and O–H groups in total. The Bertz CT molecular complexity index is 702. The highest BCUT2D eigenvalue weighted by atomic mass is 16.4. The fraction of sp³-hybridized carbons (Fsp3) is 0.333. The summed E-state index contributed by atoms with van der Waals surface area (Å²) in [5.74, 6) is -0.720. The summed E-state index contributed by atoms with van der Waals surface area (Å²) >= 11 is 0. The molecule has 1 fully saturated rings. The molecule has 0 bridgehead atoms. The first-order chi connectivity index (χ1) is 9.97. The Balaban J connectivity index is 0.000000173. The number of nitrogen functional groups attached to an aromatic ring is 1. The molecule has 1 aliphatic heterocycles. The second kappa shape index (κ2) is 6.41. The molecule has 6 heteroatoms. The summed E-state index contributed by atoms with van der Waals surface area (Å²) in [4.78, 5) is 21.1. The Morgan fingerprint density at radius 1 is 1.43 bits per heavy atom. The lowest BCUT2D eigenvalue weighted by molar-refractivity contribution is -0.139. The summed E-state index contributed by atoms with van der Waals surface area (Å²) in [6.07, 6.45) is 1.78. The number of nitrogens with one attached hydrogen (secondary N) is 1. The van der Waals surface area contributed by atoms with Gasteiger partial charge in [-0.1, -0.05) is 0 Å². The van der Waals surface area contributed by atoms with E-state index in [0.29, 0.717) is 11.3 Å². The maximum absolute atomic E-state index is 11.0. The fourth-order valence-corrected chi connectivity index (χ4v) is 2.24. The van der Waals surface area contributed by atoms with Crippen molar-refractivity contribution in [2.24, 2.45) is 0 Å². The number of carboxylic acids is 1. The molecule has 0 aliphatic carbocycles. The van der Waals surface area contributed by atoms with Crippen LogP contribution in [0.5, 0.6) is 0 Å². The number of benzene rings is 1. The van der Waals surface area contributed by atoms with E-state index in [9.17, 15) is 9.59 Å². The minimum atomic E-state index is -0.720. The van der Waals surface area contributed by atoms with Gasteiger partial charge in [-0.15, -0.1) is 0 Å². The van der Waals surface area contributed by atoms with Gasteiger partial charge in [-0.25, -0.2) is 4.79 Å². The molecule has 1 saturated heterocycles. The quantitative estimate of drug-likeness (QED) is 0.543. The molecular formula is C15H18N2O4. The van der Waals surface area contributed by atoms with Gasteiger partial charge in [0.2, 0.25) is 0 Å². The van der Waals surface area contributed by atoms with Gasteiger partial charge in [0.15, 0.2) is 0 Å². The minimum Gasteiger partial charge on any atom is -0.480 e. The van der Waals surface area contributed by atoms with E-state index in [2.05, 4.69) is 5.32 Å². The standard InChI is InChI=1S/C10H9NO2.C5H9NO2/c1-6-4-10(12)13-9-5-7(11)2-3-8(6)9;7-5(8)4-2-1-3-6-4/h2-5H,11H2,1H3;4,6H,1-3H2,(H,7,8)/t;4-/m.0/s1. The Morgan fingerprint density at radius 2 is 2.19 bits per heavy atom. The average molecular weight is 290 g/mol. The molecular weight excluding hydrogens is 272 g/mol. The van der Waals surface area contributed by atoms with E-state index in [0.717, 1.165) is 30.3 Å². The predicted molar refractivity (Wildman–Crippen MR) is 80.3 cm³/mol. The number of nitrogens with two attached hydrogens (primary N) is 1. The SMILES string of the molecule is Cc1cc(=O)oc2cc(N)ccc12.O=C(O)[C@@H]1CCCN1. The summed E-state index contributed by atoms with van der Waals surface area (Å²) < 4.78 is 4.99. The number of hydrogen-bond acceptors (Lipinski definition) is 5. The van der Waals surface area contributed by atoms with Crippen molar-refractivity contribution in [3.8, 4) is 0 Å². The van der Waals surface area contributed by atoms with Gasteiger partial charge in [-0.05, 0) is 44.0 Å². The lowest BCUT2D eigenvalue weighted by atomic mass is 10.1. The summed E-state index contributed by atoms with van der Waals surface area (Å²) in [6.45, 7) is 2.73. The van der Waals surface area contributed by atoms with Crippen LogP contribution in [0.1, 0.15) is 18.4 Å². The first-order valence-corrected chi connectivity index (χ1v) is 6.73. The highest BCUT2D eigenvalue weighted by Crippen LogP contribution is 2.18. The van der Waals surface area contributed by atoms with Crippen LogP contribution in [0.3, 0.4) is 0 Å². The van der Waals surface area contributed by atoms with Gasteiger partial charge < -0.3 is 20.6 Å². The normalized spacial score (nSPS) is 17.3. The second-order valence-corrected chi connectivity index (χ2v) is 4.99. The second-order valence-electron chi connectivity index (χ2n) is 4.99. The van der Waals surface area contributed by atoms with Crippen molar-refractivity contribution in [2.45, 2.75) is 25.8 Å². The maximum atomic E-state index is 11.0. The van der Waals surface area contributed by atoms with Gasteiger partial charge in [-0.3, -0.25) is 4.79 Å². The van der Waals surface area contributed by atoms with Crippen LogP contribution in [0.2, 0.25) is 0 Å². The first kappa shape index (κ1) is 15.1. The zero-order valence-electron chi connectivity index (χ0n) is 11.8. The number of anilines is 1. The number of carboxylic acid groups (broad SMARTS) is 1. The van der Waals surface area contributed by atoms with Crippen molar-refractivity contribution in [1.82, 2.24) is 5.32 Å². The van der Waals surface area contributed by atoms with E-state index in [1.54, 1.807) is 12.1 Å². The van der Waals surface area contributed by atoms with Gasteiger partial charge in [-0.2, -0.15) is 0 Å². The smallest absolute Gasteiger partial charge is 0.336 e. The Labute approximate surface area is 121 Å². The van der Waals surface area contributed by atoms with Crippen LogP contribution in [-0.4, -0.2) is 23.7 Å². The molecule has 1 aromatic carbocycles. The highest BCUT2D eigenvalue weighted by Gasteiger charge is 2.20. The largest absolute Gasteiger partial charge is 0.480 e. The molecule has 0 unspecified atom stereocenters. The van der Waals surface area contributed by atoms with E-state index in [1.807, 2.05) is 13.0 Å². The van der Waals surface area contributed by atoms with Crippen molar-refractivity contribution in [3.63, 3.8) is 0 Å². The van der Waals surface area contributed by atoms with Crippen molar-refractivity contribution < 1.29 is 14.3 Å². The van der Waals surface area contributed by atoms with E-state index in [-0.39, 0.29) is 11.7 Å². The molecule has 2 heterocycles. The number of carbonyl (C=O) groups is 1. The third-order valence-corrected chi connectivity index (χ3v) is 3.33. The molecule has 0 spiro atoms. The van der Waals surface area contributed by atoms with E-state index in [4.69, 9.17) is 15.3 Å². The summed E-state index contributed by atoms with van der Waals surface area (Å²) in [5, 5.41) is 12.1. The fourth-order valence-electron chi connectivity index (χ4n) is 2.24. The van der Waals surface area contributed by atoms with Gasteiger partial charge in [0, 0.05) is 23.2 Å². The summed E-state index contributed by atoms with van der Waals surface area (Å²) in [7, 11) is 0. The number of rotatable bonds is 1. The van der Waals surface area contributed by atoms with Crippen LogP contribution < -0.4 is 16.7 Å². The van der Waals surface area contributed by atoms with Crippen LogP contribution in [0, 0.1) is 6.92 Å². The molecule has 1 aliphatic rings. The Kier molecular flexibility index (Phi) is 4.59. The molecule has 21 heavy (non-hydrogen) atoms. The lowest BCUT2D eigenvalue weighted by Crippen LogP contribution is -2.29. The van der Waals surface area contributed by atoms with Crippen molar-refractivity contribution in [1.29, 1.82) is 0 Å². The Hall–Kier alpha value is -2.34. The van der Waals surface area contributed by atoms with E-state index in [1.165, 1.54) is 6.07 Å². The van der Waals surface area contributed by atoms with Gasteiger partial charge in [0.1, 0.15) is 11.6 Å². The molecule has 0 radical (unpaired) electrons. The van der Waals surface area contributed by atoms with Gasteiger partial charge >= 0.3 is 11.6 Å². The lowest BCUT2D eigenvalue weighted by Gasteiger charge is -2.00. The van der Waals surface area contributed by atoms with Gasteiger partial charge in [0.05, 0.1) is 0 Å². The van der Waals surface area contributed by atoms with E-state index < -0.39 is 5.97 Å². The number of aryl methyl sites for hydroxylation is 1. The average Bonchev–Trinajstić information content (AvgIpc) is 2.92. The van der Waals surface area contributed by atoms with Crippen molar-refractivity contribution >= 4 is 22.6 Å². The van der Waals surface area contributed by atoms with Crippen LogP contribution in [-0.2, 0) is 4.79 Å². The third-order valence-electron chi connectivity index (χ3n) is 3.33. The van der Waals surface area contributed by atoms with Crippen LogP contribution in [0.4, 0.5) is 5.69 Å². The molecule has 112 valence electrons. The molecule has 6 nitrogen and oxygen atoms in total. The molecule has 1 atom stereocenters. The minimum absolute atomic E-state index is 0.269. The third kappa shape index (κ3) is 3.82. The van der Waals surface area contributed by atoms with Crippen LogP contribution >= 0.6 is 0 Å². The zero-order chi connectivity index (χ0) is 15.4. The van der Waals surface area contributed by atoms with Crippen molar-refractivity contribution in [3.05, 3.63) is 40.2 Å². The number of fused-ring (bicyclic) bond motifs is 1. The van der Waals surface area contributed by atoms with Crippen LogP contribution in [0.25, 0.3) is 11.0 Å². The molecule has 0 saturated carbocycles. The summed E-state index contributed by atoms with van der Waals surface area (Å²) in [6, 6.07) is 6.50.